The van der Waals surface area contributed by atoms with Gasteiger partial charge in [-0.3, -0.25) is 5.43 Å². The van der Waals surface area contributed by atoms with Gasteiger partial charge >= 0.3 is 6.03 Å². The van der Waals surface area contributed by atoms with Gasteiger partial charge in [-0.1, -0.05) is 53.5 Å². The zero-order chi connectivity index (χ0) is 16.7. The number of urea groups is 1. The van der Waals surface area contributed by atoms with Crippen molar-refractivity contribution in [2.75, 3.05) is 5.32 Å². The van der Waals surface area contributed by atoms with E-state index >= 15 is 0 Å². The number of carbonyl (C=O) groups is 1. The number of carbonyl (C=O) groups excluding carboxylic acids is 1. The van der Waals surface area contributed by atoms with Crippen LogP contribution in [0.3, 0.4) is 0 Å². The van der Waals surface area contributed by atoms with Crippen LogP contribution >= 0.6 is 35.4 Å². The summed E-state index contributed by atoms with van der Waals surface area (Å²) in [5.41, 5.74) is 6.62. The summed E-state index contributed by atoms with van der Waals surface area (Å²) in [4.78, 5) is 11.7. The predicted molar refractivity (Wildman–Crippen MR) is 97.6 cm³/mol. The summed E-state index contributed by atoms with van der Waals surface area (Å²) in [6.45, 7) is 0.558. The van der Waals surface area contributed by atoms with Gasteiger partial charge in [0.15, 0.2) is 5.11 Å². The molecule has 5 nitrogen and oxygen atoms in total. The number of amides is 2. The predicted octanol–water partition coefficient (Wildman–Crippen LogP) is 3.69. The van der Waals surface area contributed by atoms with Crippen molar-refractivity contribution in [3.05, 3.63) is 64.1 Å². The summed E-state index contributed by atoms with van der Waals surface area (Å²) >= 11 is 16.8. The van der Waals surface area contributed by atoms with Crippen LogP contribution in [-0.2, 0) is 6.54 Å². The number of benzene rings is 2. The van der Waals surface area contributed by atoms with E-state index < -0.39 is 6.03 Å². The Bertz CT molecular complexity index is 697. The van der Waals surface area contributed by atoms with Crippen molar-refractivity contribution < 1.29 is 4.79 Å². The first kappa shape index (κ1) is 17.3. The topological polar surface area (TPSA) is 65.2 Å². The molecule has 2 aromatic carbocycles. The summed E-state index contributed by atoms with van der Waals surface area (Å²) in [5, 5.41) is 6.65. The maximum Gasteiger partial charge on any atom is 0.337 e. The minimum atomic E-state index is -0.479. The Kier molecular flexibility index (Phi) is 6.46. The molecule has 4 N–H and O–H groups in total. The normalized spacial score (nSPS) is 9.83. The Morgan fingerprint density at radius 2 is 1.74 bits per heavy atom. The number of nitrogens with one attached hydrogen (secondary N) is 4. The third kappa shape index (κ3) is 5.94. The monoisotopic (exact) mass is 368 g/mol. The van der Waals surface area contributed by atoms with Crippen molar-refractivity contribution in [2.24, 2.45) is 0 Å². The summed E-state index contributed by atoms with van der Waals surface area (Å²) in [6.07, 6.45) is 0. The molecular weight excluding hydrogens is 355 g/mol. The lowest BCUT2D eigenvalue weighted by atomic mass is 10.2. The van der Waals surface area contributed by atoms with Crippen LogP contribution in [0, 0.1) is 0 Å². The highest BCUT2D eigenvalue weighted by Gasteiger charge is 2.04. The van der Waals surface area contributed by atoms with Crippen molar-refractivity contribution in [1.82, 2.24) is 16.2 Å². The van der Waals surface area contributed by atoms with Gasteiger partial charge in [0.05, 0.1) is 10.0 Å². The first-order valence-electron chi connectivity index (χ1n) is 6.64. The van der Waals surface area contributed by atoms with Crippen LogP contribution in [0.25, 0.3) is 0 Å². The molecule has 0 bridgehead atoms. The summed E-state index contributed by atoms with van der Waals surface area (Å²) in [7, 11) is 0. The van der Waals surface area contributed by atoms with Crippen LogP contribution in [0.1, 0.15) is 5.56 Å². The lowest BCUT2D eigenvalue weighted by Crippen LogP contribution is -2.48. The van der Waals surface area contributed by atoms with Gasteiger partial charge in [0.25, 0.3) is 0 Å². The summed E-state index contributed by atoms with van der Waals surface area (Å²) in [5.74, 6) is 0. The molecule has 2 rings (SSSR count). The summed E-state index contributed by atoms with van der Waals surface area (Å²) < 4.78 is 0. The van der Waals surface area contributed by atoms with E-state index in [1.54, 1.807) is 18.2 Å². The van der Waals surface area contributed by atoms with Crippen LogP contribution < -0.4 is 21.5 Å². The molecule has 0 saturated carbocycles. The fraction of sp³-hybridized carbons (Fsp3) is 0.0667. The molecule has 0 spiro atoms. The van der Waals surface area contributed by atoms with Gasteiger partial charge in [-0.05, 0) is 36.0 Å². The average molecular weight is 369 g/mol. The molecule has 0 radical (unpaired) electrons. The van der Waals surface area contributed by atoms with Crippen LogP contribution in [0.5, 0.6) is 0 Å². The third-order valence-electron chi connectivity index (χ3n) is 2.76. The Balaban J connectivity index is 1.73. The number of hydrogen-bond acceptors (Lipinski definition) is 2. The number of thiocarbonyl (C=S) groups is 1. The fourth-order valence-electron chi connectivity index (χ4n) is 1.67. The Hall–Kier alpha value is -2.02. The molecule has 120 valence electrons. The van der Waals surface area contributed by atoms with Crippen LogP contribution in [0.15, 0.2) is 48.5 Å². The van der Waals surface area contributed by atoms with E-state index in [0.29, 0.717) is 27.4 Å². The molecule has 0 heterocycles. The largest absolute Gasteiger partial charge is 0.357 e. The lowest BCUT2D eigenvalue weighted by molar-refractivity contribution is 0.250. The van der Waals surface area contributed by atoms with E-state index in [1.807, 2.05) is 30.3 Å². The van der Waals surface area contributed by atoms with Gasteiger partial charge in [0, 0.05) is 12.2 Å². The molecule has 0 fully saturated rings. The molecule has 8 heteroatoms. The van der Waals surface area contributed by atoms with Crippen molar-refractivity contribution in [3.8, 4) is 0 Å². The number of hydrazine groups is 1. The third-order valence-corrected chi connectivity index (χ3v) is 3.75. The lowest BCUT2D eigenvalue weighted by Gasteiger charge is -2.12. The van der Waals surface area contributed by atoms with Gasteiger partial charge in [-0.25, -0.2) is 10.2 Å². The summed E-state index contributed by atoms with van der Waals surface area (Å²) in [6, 6.07) is 14.1. The highest BCUT2D eigenvalue weighted by molar-refractivity contribution is 7.80. The molecule has 23 heavy (non-hydrogen) atoms. The molecular formula is C15H14Cl2N4OS. The molecule has 0 aliphatic rings. The molecule has 0 aliphatic heterocycles. The average Bonchev–Trinajstić information content (AvgIpc) is 2.55. The van der Waals surface area contributed by atoms with E-state index in [0.717, 1.165) is 5.56 Å². The number of hydrogen-bond donors (Lipinski definition) is 4. The van der Waals surface area contributed by atoms with Gasteiger partial charge < -0.3 is 10.6 Å². The van der Waals surface area contributed by atoms with Crippen LogP contribution in [0.4, 0.5) is 10.5 Å². The molecule has 0 atom stereocenters. The zero-order valence-electron chi connectivity index (χ0n) is 11.9. The first-order valence-corrected chi connectivity index (χ1v) is 7.81. The van der Waals surface area contributed by atoms with Crippen molar-refractivity contribution >= 4 is 52.3 Å². The van der Waals surface area contributed by atoms with Crippen molar-refractivity contribution in [1.29, 1.82) is 0 Å². The quantitative estimate of drug-likeness (QED) is 0.492. The Labute approximate surface area is 149 Å². The van der Waals surface area contributed by atoms with Gasteiger partial charge in [0.1, 0.15) is 0 Å². The molecule has 0 saturated heterocycles. The fourth-order valence-corrected chi connectivity index (χ4v) is 2.09. The standard InChI is InChI=1S/C15H14Cl2N4OS/c16-12-7-6-11(8-13(12)17)19-14(22)20-21-15(23)18-9-10-4-2-1-3-5-10/h1-8H,9H2,(H2,18,21,23)(H2,19,20,22). The van der Waals surface area contributed by atoms with E-state index in [9.17, 15) is 4.79 Å². The number of anilines is 1. The van der Waals surface area contributed by atoms with Crippen molar-refractivity contribution in [3.63, 3.8) is 0 Å². The molecule has 0 aromatic heterocycles. The van der Waals surface area contributed by atoms with E-state index in [1.165, 1.54) is 0 Å². The Morgan fingerprint density at radius 3 is 2.43 bits per heavy atom. The Morgan fingerprint density at radius 1 is 1.00 bits per heavy atom. The second-order valence-corrected chi connectivity index (χ2v) is 5.72. The SMILES string of the molecule is O=C(NNC(=S)NCc1ccccc1)Nc1ccc(Cl)c(Cl)c1. The second kappa shape index (κ2) is 8.57. The number of halogens is 2. The van der Waals surface area contributed by atoms with Gasteiger partial charge in [-0.2, -0.15) is 0 Å². The van der Waals surface area contributed by atoms with Crippen LogP contribution in [-0.4, -0.2) is 11.1 Å². The number of rotatable bonds is 3. The molecule has 2 amide bonds. The van der Waals surface area contributed by atoms with Crippen molar-refractivity contribution in [2.45, 2.75) is 6.54 Å². The highest BCUT2D eigenvalue weighted by atomic mass is 35.5. The zero-order valence-corrected chi connectivity index (χ0v) is 14.2. The highest BCUT2D eigenvalue weighted by Crippen LogP contribution is 2.24. The molecule has 0 aliphatic carbocycles. The maximum absolute atomic E-state index is 11.7. The van der Waals surface area contributed by atoms with E-state index in [2.05, 4.69) is 21.5 Å². The van der Waals surface area contributed by atoms with E-state index in [-0.39, 0.29) is 0 Å². The molecule has 0 unspecified atom stereocenters. The molecule has 2 aromatic rings. The van der Waals surface area contributed by atoms with Gasteiger partial charge in [0.2, 0.25) is 0 Å². The van der Waals surface area contributed by atoms with E-state index in [4.69, 9.17) is 35.4 Å². The first-order chi connectivity index (χ1) is 11.0. The smallest absolute Gasteiger partial charge is 0.337 e. The van der Waals surface area contributed by atoms with Crippen LogP contribution in [0.2, 0.25) is 10.0 Å². The maximum atomic E-state index is 11.7. The van der Waals surface area contributed by atoms with Gasteiger partial charge in [-0.15, -0.1) is 0 Å². The second-order valence-electron chi connectivity index (χ2n) is 4.50. The minimum Gasteiger partial charge on any atom is -0.357 e. The minimum absolute atomic E-state index is 0.304.